The summed E-state index contributed by atoms with van der Waals surface area (Å²) in [7, 11) is 0. The number of nitrogen functional groups attached to an aromatic ring is 1. The van der Waals surface area contributed by atoms with Gasteiger partial charge >= 0.3 is 12.4 Å². The van der Waals surface area contributed by atoms with Gasteiger partial charge in [-0.05, 0) is 33.6 Å². The summed E-state index contributed by atoms with van der Waals surface area (Å²) >= 11 is 3.05. The fourth-order valence-electron chi connectivity index (χ4n) is 1.24. The van der Waals surface area contributed by atoms with Gasteiger partial charge in [0, 0.05) is 10.2 Å². The van der Waals surface area contributed by atoms with E-state index in [1.807, 2.05) is 0 Å². The Bertz CT molecular complexity index is 431. The minimum Gasteiger partial charge on any atom is -0.398 e. The van der Waals surface area contributed by atoms with Gasteiger partial charge in [-0.25, -0.2) is 0 Å². The third kappa shape index (κ3) is 4.57. The van der Waals surface area contributed by atoms with Gasteiger partial charge in [-0.1, -0.05) is 6.07 Å². The average Bonchev–Trinajstić information content (AvgIpc) is 2.19. The van der Waals surface area contributed by atoms with Gasteiger partial charge in [0.15, 0.2) is 0 Å². The van der Waals surface area contributed by atoms with Crippen LogP contribution in [0, 0.1) is 0 Å². The molecule has 0 saturated heterocycles. The topological polar surface area (TPSA) is 35.2 Å². The van der Waals surface area contributed by atoms with Gasteiger partial charge in [0.05, 0.1) is 6.61 Å². The van der Waals surface area contributed by atoms with Gasteiger partial charge in [-0.15, -0.1) is 0 Å². The Morgan fingerprint density at radius 3 is 2.05 bits per heavy atom. The molecule has 1 rings (SSSR count). The molecule has 19 heavy (non-hydrogen) atoms. The molecule has 108 valence electrons. The van der Waals surface area contributed by atoms with Crippen molar-refractivity contribution < 1.29 is 31.1 Å². The quantitative estimate of drug-likeness (QED) is 0.658. The molecule has 0 heterocycles. The van der Waals surface area contributed by atoms with Crippen molar-refractivity contribution in [2.75, 3.05) is 5.73 Å². The molecular weight excluding hydrogens is 344 g/mol. The van der Waals surface area contributed by atoms with Gasteiger partial charge in [0.1, 0.15) is 0 Å². The second-order valence-electron chi connectivity index (χ2n) is 3.63. The number of alkyl halides is 6. The smallest absolute Gasteiger partial charge is 0.398 e. The van der Waals surface area contributed by atoms with Gasteiger partial charge in [-0.3, -0.25) is 0 Å². The molecule has 0 amide bonds. The van der Waals surface area contributed by atoms with E-state index in [2.05, 4.69) is 20.7 Å². The molecular formula is C10H8BrF6NO. The maximum Gasteiger partial charge on any atom is 0.423 e. The van der Waals surface area contributed by atoms with Crippen molar-refractivity contribution in [3.8, 4) is 0 Å². The van der Waals surface area contributed by atoms with E-state index < -0.39 is 25.1 Å². The van der Waals surface area contributed by atoms with E-state index in [1.165, 1.54) is 18.2 Å². The molecule has 9 heteroatoms. The molecule has 0 bridgehead atoms. The Morgan fingerprint density at radius 2 is 1.63 bits per heavy atom. The van der Waals surface area contributed by atoms with Crippen LogP contribution in [0.5, 0.6) is 0 Å². The lowest BCUT2D eigenvalue weighted by Gasteiger charge is -2.23. The molecule has 0 atom stereocenters. The second kappa shape index (κ2) is 5.58. The summed E-state index contributed by atoms with van der Waals surface area (Å²) in [5.41, 5.74) is 5.75. The number of benzene rings is 1. The predicted molar refractivity (Wildman–Crippen MR) is 59.2 cm³/mol. The highest BCUT2D eigenvalue weighted by molar-refractivity contribution is 9.10. The molecule has 0 aromatic heterocycles. The van der Waals surface area contributed by atoms with E-state index in [4.69, 9.17) is 5.73 Å². The Hall–Kier alpha value is -0.960. The molecule has 0 aliphatic carbocycles. The van der Waals surface area contributed by atoms with Crippen molar-refractivity contribution in [1.82, 2.24) is 0 Å². The second-order valence-corrected chi connectivity index (χ2v) is 4.48. The lowest BCUT2D eigenvalue weighted by atomic mass is 10.2. The number of rotatable bonds is 3. The Balaban J connectivity index is 2.80. The number of anilines is 1. The van der Waals surface area contributed by atoms with Crippen molar-refractivity contribution in [3.63, 3.8) is 0 Å². The Morgan fingerprint density at radius 1 is 1.11 bits per heavy atom. The molecule has 0 aliphatic rings. The summed E-state index contributed by atoms with van der Waals surface area (Å²) in [6.45, 7) is -0.846. The van der Waals surface area contributed by atoms with Gasteiger partial charge in [-0.2, -0.15) is 26.3 Å². The molecule has 0 fully saturated rings. The van der Waals surface area contributed by atoms with Crippen LogP contribution in [0.3, 0.4) is 0 Å². The van der Waals surface area contributed by atoms with E-state index in [0.29, 0.717) is 4.47 Å². The first-order chi connectivity index (χ1) is 8.51. The average molecular weight is 352 g/mol. The molecule has 0 aliphatic heterocycles. The SMILES string of the molecule is Nc1cc(COC(C(F)(F)F)C(F)(F)F)ccc1Br. The first kappa shape index (κ1) is 16.1. The van der Waals surface area contributed by atoms with Crippen LogP contribution in [0.2, 0.25) is 0 Å². The van der Waals surface area contributed by atoms with Gasteiger partial charge in [0.25, 0.3) is 0 Å². The van der Waals surface area contributed by atoms with Crippen LogP contribution in [0.25, 0.3) is 0 Å². The molecule has 0 saturated carbocycles. The maximum absolute atomic E-state index is 12.2. The van der Waals surface area contributed by atoms with E-state index >= 15 is 0 Å². The summed E-state index contributed by atoms with van der Waals surface area (Å²) in [5.74, 6) is 0. The predicted octanol–water partition coefficient (Wildman–Crippen LogP) is 4.04. The summed E-state index contributed by atoms with van der Waals surface area (Å²) in [6.07, 6.45) is -14.8. The van der Waals surface area contributed by atoms with Crippen molar-refractivity contribution in [2.24, 2.45) is 0 Å². The Labute approximate surface area is 112 Å². The zero-order valence-corrected chi connectivity index (χ0v) is 10.7. The largest absolute Gasteiger partial charge is 0.423 e. The normalized spacial score (nSPS) is 13.1. The van der Waals surface area contributed by atoms with Crippen LogP contribution < -0.4 is 5.73 Å². The first-order valence-electron chi connectivity index (χ1n) is 4.80. The Kier molecular flexibility index (Phi) is 4.72. The first-order valence-corrected chi connectivity index (χ1v) is 5.60. The number of hydrogen-bond acceptors (Lipinski definition) is 2. The summed E-state index contributed by atoms with van der Waals surface area (Å²) in [5, 5.41) is 0. The number of nitrogens with two attached hydrogens (primary N) is 1. The summed E-state index contributed by atoms with van der Waals surface area (Å²) in [6, 6.07) is 3.95. The molecule has 2 nitrogen and oxygen atoms in total. The number of halogens is 7. The van der Waals surface area contributed by atoms with E-state index in [0.717, 1.165) is 0 Å². The van der Waals surface area contributed by atoms with Crippen LogP contribution in [0.4, 0.5) is 32.0 Å². The van der Waals surface area contributed by atoms with Crippen LogP contribution in [-0.4, -0.2) is 18.5 Å². The fourth-order valence-corrected chi connectivity index (χ4v) is 1.48. The van der Waals surface area contributed by atoms with Crippen LogP contribution in [0.1, 0.15) is 5.56 Å². The van der Waals surface area contributed by atoms with E-state index in [9.17, 15) is 26.3 Å². The third-order valence-corrected chi connectivity index (χ3v) is 2.79. The highest BCUT2D eigenvalue weighted by Crippen LogP contribution is 2.36. The lowest BCUT2D eigenvalue weighted by Crippen LogP contribution is -2.44. The van der Waals surface area contributed by atoms with Crippen molar-refractivity contribution in [3.05, 3.63) is 28.2 Å². The highest BCUT2D eigenvalue weighted by Gasteiger charge is 2.57. The zero-order chi connectivity index (χ0) is 14.8. The minimum absolute atomic E-state index is 0.110. The number of ether oxygens (including phenoxy) is 1. The van der Waals surface area contributed by atoms with Crippen molar-refractivity contribution in [1.29, 1.82) is 0 Å². The maximum atomic E-state index is 12.2. The van der Waals surface area contributed by atoms with Crippen LogP contribution in [0.15, 0.2) is 22.7 Å². The minimum atomic E-state index is -5.51. The molecule has 1 aromatic carbocycles. The number of hydrogen-bond donors (Lipinski definition) is 1. The lowest BCUT2D eigenvalue weighted by molar-refractivity contribution is -0.324. The van der Waals surface area contributed by atoms with Crippen LogP contribution in [-0.2, 0) is 11.3 Å². The van der Waals surface area contributed by atoms with Crippen LogP contribution >= 0.6 is 15.9 Å². The van der Waals surface area contributed by atoms with Crippen molar-refractivity contribution >= 4 is 21.6 Å². The molecule has 0 spiro atoms. The zero-order valence-electron chi connectivity index (χ0n) is 9.15. The van der Waals surface area contributed by atoms with Gasteiger partial charge < -0.3 is 10.5 Å². The van der Waals surface area contributed by atoms with E-state index in [-0.39, 0.29) is 11.3 Å². The molecule has 2 N–H and O–H groups in total. The molecule has 0 radical (unpaired) electrons. The molecule has 1 aromatic rings. The summed E-state index contributed by atoms with van der Waals surface area (Å²) in [4.78, 5) is 0. The van der Waals surface area contributed by atoms with E-state index in [1.54, 1.807) is 0 Å². The van der Waals surface area contributed by atoms with Gasteiger partial charge in [0.2, 0.25) is 6.10 Å². The van der Waals surface area contributed by atoms with Crippen molar-refractivity contribution in [2.45, 2.75) is 25.1 Å². The summed E-state index contributed by atoms with van der Waals surface area (Å²) < 4.78 is 77.5. The monoisotopic (exact) mass is 351 g/mol. The standard InChI is InChI=1S/C10H8BrF6NO/c11-6-2-1-5(3-7(6)18)4-19-8(9(12,13)14)10(15,16)17/h1-3,8H,4,18H2. The fraction of sp³-hybridized carbons (Fsp3) is 0.400. The highest BCUT2D eigenvalue weighted by atomic mass is 79.9. The molecule has 0 unspecified atom stereocenters. The third-order valence-electron chi connectivity index (χ3n) is 2.07.